The third-order valence-corrected chi connectivity index (χ3v) is 9.29. The Bertz CT molecular complexity index is 938. The number of unbranched alkanes of at least 4 members (excludes halogenated alkanes) is 2. The minimum absolute atomic E-state index is 0.102. The molecule has 3 aliphatic rings. The first kappa shape index (κ1) is 40.4. The Labute approximate surface area is 275 Å². The second-order valence-corrected chi connectivity index (χ2v) is 12.6. The van der Waals surface area contributed by atoms with Crippen molar-refractivity contribution in [3.05, 3.63) is 10.4 Å². The molecule has 0 aliphatic carbocycles. The largest absolute Gasteiger partial charge is 0.394 e. The maximum absolute atomic E-state index is 11.5. The van der Waals surface area contributed by atoms with Gasteiger partial charge in [0.05, 0.1) is 19.8 Å². The van der Waals surface area contributed by atoms with Gasteiger partial charge in [0.25, 0.3) is 0 Å². The maximum atomic E-state index is 11.5. The highest BCUT2D eigenvalue weighted by Crippen LogP contribution is 2.33. The summed E-state index contributed by atoms with van der Waals surface area (Å²) in [6.07, 6.45) is -19.6. The van der Waals surface area contributed by atoms with Gasteiger partial charge in [-0.2, -0.15) is 11.8 Å². The molecule has 274 valence electrons. The van der Waals surface area contributed by atoms with Crippen molar-refractivity contribution in [3.63, 3.8) is 0 Å². The van der Waals surface area contributed by atoms with E-state index in [1.165, 1.54) is 7.11 Å². The summed E-state index contributed by atoms with van der Waals surface area (Å²) in [4.78, 5) is 2.72. The molecule has 19 nitrogen and oxygen atoms in total. The number of azide groups is 1. The zero-order chi connectivity index (χ0) is 34.5. The van der Waals surface area contributed by atoms with E-state index >= 15 is 0 Å². The second kappa shape index (κ2) is 20.6. The Balaban J connectivity index is 1.71. The number of hydrogen-bond donors (Lipinski definition) is 9. The van der Waals surface area contributed by atoms with Crippen LogP contribution in [0, 0.1) is 0 Å². The highest BCUT2D eigenvalue weighted by molar-refractivity contribution is 7.99. The van der Waals surface area contributed by atoms with Gasteiger partial charge in [0.2, 0.25) is 0 Å². The van der Waals surface area contributed by atoms with Gasteiger partial charge >= 0.3 is 0 Å². The third-order valence-electron chi connectivity index (χ3n) is 8.13. The molecule has 3 aliphatic heterocycles. The molecule has 0 aromatic heterocycles. The number of methoxy groups -OCH3 is 1. The van der Waals surface area contributed by atoms with Crippen LogP contribution in [-0.2, 0) is 33.2 Å². The summed E-state index contributed by atoms with van der Waals surface area (Å²) < 4.78 is 39.6. The van der Waals surface area contributed by atoms with Crippen molar-refractivity contribution in [2.24, 2.45) is 5.11 Å². The van der Waals surface area contributed by atoms with Gasteiger partial charge in [-0.1, -0.05) is 11.5 Å². The van der Waals surface area contributed by atoms with Crippen molar-refractivity contribution in [1.82, 2.24) is 0 Å². The van der Waals surface area contributed by atoms with Crippen LogP contribution >= 0.6 is 11.8 Å². The lowest BCUT2D eigenvalue weighted by Gasteiger charge is -2.49. The SMILES string of the molecule is CO[C@@H]1O[C@H](CO)[C@@H](O[C@@H]2O[C@H](CO)[C@H](O[C@H]3O[C@H](CO)[C@H](O)[C@H](O)[C@H]3O)[C@H](O)[C@H]2OCCCCCSCCCN=[N+]=[N-])[C@H](O)[C@H]1O. The Morgan fingerprint density at radius 2 is 1.21 bits per heavy atom. The Morgan fingerprint density at radius 3 is 1.85 bits per heavy atom. The van der Waals surface area contributed by atoms with E-state index in [0.717, 1.165) is 30.8 Å². The predicted octanol–water partition coefficient (Wildman–Crippen LogP) is -3.29. The molecular formula is C27H49N3O16S. The smallest absolute Gasteiger partial charge is 0.187 e. The Hall–Kier alpha value is -0.980. The summed E-state index contributed by atoms with van der Waals surface area (Å²) in [5.41, 5.74) is 8.33. The number of hydrogen-bond acceptors (Lipinski definition) is 18. The van der Waals surface area contributed by atoms with Gasteiger partial charge in [-0.05, 0) is 36.3 Å². The predicted molar refractivity (Wildman–Crippen MR) is 160 cm³/mol. The molecule has 0 radical (unpaired) electrons. The van der Waals surface area contributed by atoms with E-state index in [4.69, 9.17) is 38.7 Å². The molecular weight excluding hydrogens is 654 g/mol. The maximum Gasteiger partial charge on any atom is 0.187 e. The third kappa shape index (κ3) is 10.8. The molecule has 15 atom stereocenters. The summed E-state index contributed by atoms with van der Waals surface area (Å²) in [5.74, 6) is 1.73. The average molecular weight is 704 g/mol. The first-order valence-electron chi connectivity index (χ1n) is 15.5. The number of rotatable bonds is 19. The van der Waals surface area contributed by atoms with Gasteiger partial charge in [0.15, 0.2) is 18.9 Å². The molecule has 3 saturated heterocycles. The summed E-state index contributed by atoms with van der Waals surface area (Å²) in [6, 6.07) is 0. The van der Waals surface area contributed by atoms with Crippen molar-refractivity contribution in [1.29, 1.82) is 0 Å². The first-order valence-corrected chi connectivity index (χ1v) is 16.7. The van der Waals surface area contributed by atoms with Crippen LogP contribution in [0.4, 0.5) is 0 Å². The van der Waals surface area contributed by atoms with E-state index in [1.54, 1.807) is 11.8 Å². The number of ether oxygens (including phenoxy) is 7. The van der Waals surface area contributed by atoms with Gasteiger partial charge in [-0.3, -0.25) is 0 Å². The van der Waals surface area contributed by atoms with E-state index in [2.05, 4.69) is 10.0 Å². The molecule has 0 bridgehead atoms. The van der Waals surface area contributed by atoms with Gasteiger partial charge in [-0.15, -0.1) is 0 Å². The van der Waals surface area contributed by atoms with Crippen LogP contribution in [0.15, 0.2) is 5.11 Å². The van der Waals surface area contributed by atoms with Gasteiger partial charge in [0, 0.05) is 25.2 Å². The highest BCUT2D eigenvalue weighted by Gasteiger charge is 2.54. The van der Waals surface area contributed by atoms with Crippen LogP contribution in [-0.4, -0.2) is 190 Å². The van der Waals surface area contributed by atoms with Gasteiger partial charge in [-0.25, -0.2) is 0 Å². The summed E-state index contributed by atoms with van der Waals surface area (Å²) >= 11 is 1.72. The van der Waals surface area contributed by atoms with E-state index in [-0.39, 0.29) is 6.61 Å². The number of nitrogens with zero attached hydrogens (tertiary/aromatic N) is 3. The molecule has 0 amide bonds. The molecule has 0 unspecified atom stereocenters. The topological polar surface area (TPSA) is 295 Å². The molecule has 9 N–H and O–H groups in total. The van der Waals surface area contributed by atoms with Crippen molar-refractivity contribution >= 4 is 11.8 Å². The monoisotopic (exact) mass is 703 g/mol. The van der Waals surface area contributed by atoms with E-state index in [0.29, 0.717) is 13.0 Å². The van der Waals surface area contributed by atoms with Crippen LogP contribution < -0.4 is 0 Å². The standard InChI is InChI=1S/C27H49N3O16S/c1-40-25-20(38)18(36)22(14(11-32)43-25)46-27-24(41-7-3-2-4-8-47-9-5-6-29-30-28)21(39)23(15(12-33)44-27)45-26-19(37)17(35)16(34)13(10-31)42-26/h13-27,31-39H,2-12H2,1H3/t13-,14-,15-,16+,17+,18-,19-,20-,21+,22-,23+,24-,25-,26-,27+/m1/s1. The normalized spacial score (nSPS) is 41.0. The minimum atomic E-state index is -1.81. The molecule has 0 spiro atoms. The number of aliphatic hydroxyl groups is 9. The van der Waals surface area contributed by atoms with Crippen molar-refractivity contribution in [2.45, 2.75) is 118 Å². The minimum Gasteiger partial charge on any atom is -0.394 e. The molecule has 47 heavy (non-hydrogen) atoms. The van der Waals surface area contributed by atoms with E-state index < -0.39 is 112 Å². The first-order chi connectivity index (χ1) is 22.6. The van der Waals surface area contributed by atoms with Gasteiger partial charge < -0.3 is 79.1 Å². The second-order valence-electron chi connectivity index (χ2n) is 11.4. The molecule has 3 fully saturated rings. The zero-order valence-electron chi connectivity index (χ0n) is 26.1. The lowest BCUT2D eigenvalue weighted by atomic mass is 9.96. The van der Waals surface area contributed by atoms with E-state index in [9.17, 15) is 46.0 Å². The quantitative estimate of drug-likeness (QED) is 0.0276. The number of thioether (sulfide) groups is 1. The van der Waals surface area contributed by atoms with Crippen molar-refractivity contribution in [3.8, 4) is 0 Å². The fourth-order valence-corrected chi connectivity index (χ4v) is 6.43. The van der Waals surface area contributed by atoms with Crippen LogP contribution in [0.3, 0.4) is 0 Å². The summed E-state index contributed by atoms with van der Waals surface area (Å²) in [6.45, 7) is -1.58. The molecule has 0 aromatic carbocycles. The number of aliphatic hydroxyl groups excluding tert-OH is 9. The van der Waals surface area contributed by atoms with Crippen LogP contribution in [0.5, 0.6) is 0 Å². The van der Waals surface area contributed by atoms with Gasteiger partial charge in [0.1, 0.15) is 73.2 Å². The highest BCUT2D eigenvalue weighted by atomic mass is 32.2. The molecule has 20 heteroatoms. The summed E-state index contributed by atoms with van der Waals surface area (Å²) in [5, 5.41) is 96.7. The zero-order valence-corrected chi connectivity index (χ0v) is 26.9. The average Bonchev–Trinajstić information content (AvgIpc) is 3.07. The van der Waals surface area contributed by atoms with Crippen molar-refractivity contribution < 1.29 is 79.1 Å². The lowest BCUT2D eigenvalue weighted by molar-refractivity contribution is -0.381. The van der Waals surface area contributed by atoms with E-state index in [1.807, 2.05) is 0 Å². The van der Waals surface area contributed by atoms with Crippen LogP contribution in [0.2, 0.25) is 0 Å². The van der Waals surface area contributed by atoms with Crippen molar-refractivity contribution in [2.75, 3.05) is 51.6 Å². The Morgan fingerprint density at radius 1 is 0.638 bits per heavy atom. The summed E-state index contributed by atoms with van der Waals surface area (Å²) in [7, 11) is 1.24. The van der Waals surface area contributed by atoms with Crippen LogP contribution in [0.1, 0.15) is 25.7 Å². The molecule has 0 saturated carbocycles. The fraction of sp³-hybridized carbons (Fsp3) is 1.00. The Kier molecular flexibility index (Phi) is 17.8. The van der Waals surface area contributed by atoms with Crippen LogP contribution in [0.25, 0.3) is 10.4 Å². The fourth-order valence-electron chi connectivity index (χ4n) is 5.49. The molecule has 0 aromatic rings. The molecule has 3 rings (SSSR count). The molecule has 3 heterocycles. The lowest BCUT2D eigenvalue weighted by Crippen LogP contribution is -2.67.